The Hall–Kier alpha value is -3.21. The van der Waals surface area contributed by atoms with Gasteiger partial charge < -0.3 is 10.1 Å². The van der Waals surface area contributed by atoms with Crippen molar-refractivity contribution in [2.24, 2.45) is 5.92 Å². The van der Waals surface area contributed by atoms with Crippen LogP contribution in [0.5, 0.6) is 5.75 Å². The van der Waals surface area contributed by atoms with E-state index in [1.807, 2.05) is 0 Å². The highest BCUT2D eigenvalue weighted by molar-refractivity contribution is 6.29. The monoisotopic (exact) mass is 473 g/mol. The highest BCUT2D eigenvalue weighted by atomic mass is 35.5. The number of pyridine rings is 2. The molecule has 0 aliphatic heterocycles. The molecule has 1 aliphatic rings. The van der Waals surface area contributed by atoms with E-state index in [4.69, 9.17) is 16.3 Å². The van der Waals surface area contributed by atoms with Crippen LogP contribution in [0.1, 0.15) is 12.8 Å². The molecule has 1 aliphatic carbocycles. The molecule has 1 fully saturated rings. The van der Waals surface area contributed by atoms with Crippen molar-refractivity contribution in [3.63, 3.8) is 0 Å². The second-order valence-corrected chi connectivity index (χ2v) is 7.57. The van der Waals surface area contributed by atoms with Crippen LogP contribution in [0.25, 0.3) is 16.7 Å². The van der Waals surface area contributed by atoms with Crippen LogP contribution in [0.2, 0.25) is 5.15 Å². The molecule has 1 atom stereocenters. The molecule has 1 N–H and O–H groups in total. The number of benzene rings is 1. The van der Waals surface area contributed by atoms with Gasteiger partial charge in [0.05, 0.1) is 17.3 Å². The molecule has 1 saturated carbocycles. The maximum Gasteiger partial charge on any atom is 0.413 e. The number of aromatic nitrogens is 2. The molecule has 3 aromatic rings. The van der Waals surface area contributed by atoms with E-state index in [9.17, 15) is 31.5 Å². The molecule has 0 bridgehead atoms. The predicted octanol–water partition coefficient (Wildman–Crippen LogP) is 4.75. The number of ether oxygens (including phenoxy) is 1. The van der Waals surface area contributed by atoms with Crippen LogP contribution in [0, 0.1) is 17.6 Å². The second-order valence-electron chi connectivity index (χ2n) is 7.18. The summed E-state index contributed by atoms with van der Waals surface area (Å²) >= 11 is 5.87. The fourth-order valence-electron chi connectivity index (χ4n) is 3.24. The molecule has 0 spiro atoms. The highest BCUT2D eigenvalue weighted by Gasteiger charge is 2.50. The maximum absolute atomic E-state index is 14.4. The molecule has 0 radical (unpaired) electrons. The number of halogens is 6. The molecule has 1 unspecified atom stereocenters. The maximum atomic E-state index is 14.4. The normalized spacial score (nSPS) is 14.9. The molecule has 6 nitrogen and oxygen atoms in total. The topological polar surface area (TPSA) is 73.2 Å². The zero-order valence-electron chi connectivity index (χ0n) is 15.9. The van der Waals surface area contributed by atoms with Crippen molar-refractivity contribution in [1.82, 2.24) is 14.9 Å². The van der Waals surface area contributed by atoms with Gasteiger partial charge in [0.15, 0.2) is 5.75 Å². The first-order valence-corrected chi connectivity index (χ1v) is 9.65. The third-order valence-electron chi connectivity index (χ3n) is 4.88. The minimum atomic E-state index is -4.69. The molecule has 2 aromatic heterocycles. The van der Waals surface area contributed by atoms with Gasteiger partial charge in [0.1, 0.15) is 28.5 Å². The van der Waals surface area contributed by atoms with Crippen LogP contribution >= 0.6 is 11.6 Å². The number of hydrogen-bond donors (Lipinski definition) is 1. The lowest BCUT2D eigenvalue weighted by atomic mass is 10.2. The number of rotatable bonds is 4. The van der Waals surface area contributed by atoms with Crippen molar-refractivity contribution in [2.45, 2.75) is 25.1 Å². The second kappa shape index (κ2) is 8.05. The molecular formula is C20H13ClF5N3O3. The fraction of sp³-hybridized carbons (Fsp3) is 0.250. The fourth-order valence-corrected chi connectivity index (χ4v) is 3.38. The van der Waals surface area contributed by atoms with Gasteiger partial charge in [-0.05, 0) is 43.0 Å². The molecule has 32 heavy (non-hydrogen) atoms. The number of nitrogens with one attached hydrogen (secondary N) is 1. The molecule has 2 heterocycles. The molecule has 0 saturated heterocycles. The summed E-state index contributed by atoms with van der Waals surface area (Å²) in [5.74, 6) is -3.34. The van der Waals surface area contributed by atoms with Crippen LogP contribution in [0.3, 0.4) is 0 Å². The lowest BCUT2D eigenvalue weighted by molar-refractivity contribution is -0.158. The molecule has 1 amide bonds. The van der Waals surface area contributed by atoms with Gasteiger partial charge in [0, 0.05) is 6.07 Å². The Morgan fingerprint density at radius 3 is 2.56 bits per heavy atom. The van der Waals surface area contributed by atoms with Gasteiger partial charge >= 0.3 is 12.3 Å². The summed E-state index contributed by atoms with van der Waals surface area (Å²) in [7, 11) is 0. The average molecular weight is 474 g/mol. The number of amides is 1. The third kappa shape index (κ3) is 4.38. The van der Waals surface area contributed by atoms with Gasteiger partial charge in [-0.1, -0.05) is 11.6 Å². The van der Waals surface area contributed by atoms with Crippen molar-refractivity contribution < 1.29 is 31.5 Å². The lowest BCUT2D eigenvalue weighted by Crippen LogP contribution is -2.48. The summed E-state index contributed by atoms with van der Waals surface area (Å²) < 4.78 is 73.1. The quantitative estimate of drug-likeness (QED) is 0.438. The Balaban J connectivity index is 1.77. The van der Waals surface area contributed by atoms with E-state index in [1.165, 1.54) is 12.1 Å². The zero-order chi connectivity index (χ0) is 23.2. The van der Waals surface area contributed by atoms with E-state index in [2.05, 4.69) is 4.98 Å². The summed E-state index contributed by atoms with van der Waals surface area (Å²) in [6.45, 7) is 0. The van der Waals surface area contributed by atoms with E-state index in [0.29, 0.717) is 18.9 Å². The van der Waals surface area contributed by atoms with E-state index < -0.39 is 47.0 Å². The van der Waals surface area contributed by atoms with Crippen LogP contribution in [-0.4, -0.2) is 27.9 Å². The zero-order valence-corrected chi connectivity index (χ0v) is 16.7. The van der Waals surface area contributed by atoms with Gasteiger partial charge in [-0.2, -0.15) is 13.2 Å². The Kier molecular flexibility index (Phi) is 5.53. The van der Waals surface area contributed by atoms with Gasteiger partial charge in [0.2, 0.25) is 5.43 Å². The summed E-state index contributed by atoms with van der Waals surface area (Å²) in [5.41, 5.74) is -1.28. The first-order valence-electron chi connectivity index (χ1n) is 9.27. The number of hydrogen-bond acceptors (Lipinski definition) is 4. The Morgan fingerprint density at radius 1 is 1.22 bits per heavy atom. The Bertz CT molecular complexity index is 1270. The standard InChI is InChI=1S/C20H13ClF5N3O3/c21-15-6-4-11-16(30)14(32-19(31)28-17(9-1-2-9)20(24,25)26)8-29(18(11)27-15)13-5-3-10(22)7-12(13)23/h3-9,17H,1-2H2,(H,28,31). The van der Waals surface area contributed by atoms with E-state index in [-0.39, 0.29) is 21.9 Å². The van der Waals surface area contributed by atoms with Crippen molar-refractivity contribution in [2.75, 3.05) is 0 Å². The van der Waals surface area contributed by atoms with Crippen LogP contribution in [0.15, 0.2) is 41.3 Å². The molecule has 12 heteroatoms. The van der Waals surface area contributed by atoms with Crippen molar-refractivity contribution in [3.8, 4) is 11.4 Å². The van der Waals surface area contributed by atoms with Gasteiger partial charge in [-0.3, -0.25) is 9.36 Å². The van der Waals surface area contributed by atoms with Crippen molar-refractivity contribution in [1.29, 1.82) is 0 Å². The summed E-state index contributed by atoms with van der Waals surface area (Å²) in [5, 5.41) is 1.54. The van der Waals surface area contributed by atoms with E-state index >= 15 is 0 Å². The first-order chi connectivity index (χ1) is 15.0. The molecule has 168 valence electrons. The molecule has 1 aromatic carbocycles. The number of nitrogens with zero attached hydrogens (tertiary/aromatic N) is 2. The van der Waals surface area contributed by atoms with Crippen LogP contribution in [0.4, 0.5) is 26.7 Å². The molecule has 4 rings (SSSR count). The molecular weight excluding hydrogens is 461 g/mol. The average Bonchev–Trinajstić information content (AvgIpc) is 3.53. The number of fused-ring (bicyclic) bond motifs is 1. The predicted molar refractivity (Wildman–Crippen MR) is 104 cm³/mol. The minimum absolute atomic E-state index is 0.0444. The largest absolute Gasteiger partial charge is 0.413 e. The lowest BCUT2D eigenvalue weighted by Gasteiger charge is -2.21. The third-order valence-corrected chi connectivity index (χ3v) is 5.09. The SMILES string of the molecule is O=C(NC(C1CC1)C(F)(F)F)Oc1cn(-c2ccc(F)cc2F)c2nc(Cl)ccc2c1=O. The van der Waals surface area contributed by atoms with Crippen molar-refractivity contribution >= 4 is 28.7 Å². The Morgan fingerprint density at radius 2 is 1.94 bits per heavy atom. The smallest absolute Gasteiger partial charge is 0.405 e. The van der Waals surface area contributed by atoms with Crippen LogP contribution < -0.4 is 15.5 Å². The van der Waals surface area contributed by atoms with Gasteiger partial charge in [0.25, 0.3) is 0 Å². The van der Waals surface area contributed by atoms with Gasteiger partial charge in [-0.15, -0.1) is 0 Å². The number of alkyl halides is 3. The minimum Gasteiger partial charge on any atom is -0.405 e. The summed E-state index contributed by atoms with van der Waals surface area (Å²) in [6, 6.07) is 2.96. The van der Waals surface area contributed by atoms with Crippen LogP contribution in [-0.2, 0) is 0 Å². The van der Waals surface area contributed by atoms with Crippen molar-refractivity contribution in [3.05, 3.63) is 63.5 Å². The summed E-state index contributed by atoms with van der Waals surface area (Å²) in [6.07, 6.45) is -4.72. The number of carbonyl (C=O) groups excluding carboxylic acids is 1. The van der Waals surface area contributed by atoms with E-state index in [1.54, 1.807) is 5.32 Å². The first kappa shape index (κ1) is 22.0. The van der Waals surface area contributed by atoms with E-state index in [0.717, 1.165) is 22.9 Å². The highest BCUT2D eigenvalue weighted by Crippen LogP contribution is 2.40. The summed E-state index contributed by atoms with van der Waals surface area (Å²) in [4.78, 5) is 28.9. The number of carbonyl (C=O) groups is 1. The Labute approximate surface area is 181 Å². The van der Waals surface area contributed by atoms with Gasteiger partial charge in [-0.25, -0.2) is 18.6 Å².